The number of nitrogens with two attached hydrogens (primary N) is 1. The molecule has 9 heteroatoms. The molecule has 3 aromatic rings. The van der Waals surface area contributed by atoms with E-state index in [2.05, 4.69) is 42.5 Å². The van der Waals surface area contributed by atoms with Gasteiger partial charge in [-0.15, -0.1) is 0 Å². The number of carbonyl (C=O) groups excluding carboxylic acids is 2. The maximum absolute atomic E-state index is 12.7. The van der Waals surface area contributed by atoms with Gasteiger partial charge in [-0.2, -0.15) is 0 Å². The van der Waals surface area contributed by atoms with E-state index in [-0.39, 0.29) is 5.75 Å². The van der Waals surface area contributed by atoms with Crippen LogP contribution in [-0.4, -0.2) is 17.1 Å². The number of ether oxygens (including phenoxy) is 1. The number of amides is 2. The molecular weight excluding hydrogens is 578 g/mol. The number of nitrogen functional groups attached to an aromatic ring is 1. The predicted molar refractivity (Wildman–Crippen MR) is 145 cm³/mol. The molecule has 0 saturated carbocycles. The first-order valence-corrected chi connectivity index (χ1v) is 12.3. The number of halogens is 2. The summed E-state index contributed by atoms with van der Waals surface area (Å²) in [6, 6.07) is 17.5. The Kier molecular flexibility index (Phi) is 8.95. The molecule has 0 aliphatic heterocycles. The number of aromatic hydroxyl groups is 1. The Labute approximate surface area is 220 Å². The number of hydrogen-bond donors (Lipinski definition) is 4. The Hall–Kier alpha value is -3.30. The zero-order valence-electron chi connectivity index (χ0n) is 19.1. The summed E-state index contributed by atoms with van der Waals surface area (Å²) in [4.78, 5) is 25.2. The summed E-state index contributed by atoms with van der Waals surface area (Å²) in [6.07, 6.45) is 1.35. The largest absolute Gasteiger partial charge is 0.506 e. The molecule has 0 unspecified atom stereocenters. The molecule has 5 N–H and O–H groups in total. The Morgan fingerprint density at radius 1 is 1.06 bits per heavy atom. The number of rotatable bonds is 7. The van der Waals surface area contributed by atoms with E-state index >= 15 is 0 Å². The highest BCUT2D eigenvalue weighted by atomic mass is 79.9. The molecule has 0 bridgehead atoms. The van der Waals surface area contributed by atoms with Crippen molar-refractivity contribution in [3.63, 3.8) is 0 Å². The fourth-order valence-electron chi connectivity index (χ4n) is 3.28. The third-order valence-corrected chi connectivity index (χ3v) is 6.21. The number of carbonyl (C=O) groups is 2. The van der Waals surface area contributed by atoms with Crippen LogP contribution in [0.15, 0.2) is 81.8 Å². The van der Waals surface area contributed by atoms with Crippen LogP contribution in [0, 0.1) is 12.8 Å². The van der Waals surface area contributed by atoms with Gasteiger partial charge in [0.15, 0.2) is 0 Å². The summed E-state index contributed by atoms with van der Waals surface area (Å²) in [6.45, 7) is 3.72. The van der Waals surface area contributed by atoms with Crippen molar-refractivity contribution < 1.29 is 19.4 Å². The minimum absolute atomic E-state index is 0.0666. The third-order valence-electron chi connectivity index (χ3n) is 5.14. The molecule has 3 aromatic carbocycles. The molecule has 0 saturated heterocycles. The van der Waals surface area contributed by atoms with E-state index in [1.165, 1.54) is 6.08 Å². The lowest BCUT2D eigenvalue weighted by Gasteiger charge is -2.24. The maximum Gasteiger partial charge on any atom is 0.412 e. The monoisotopic (exact) mass is 601 g/mol. The van der Waals surface area contributed by atoms with Gasteiger partial charge in [-0.25, -0.2) is 4.79 Å². The average molecular weight is 603 g/mol. The van der Waals surface area contributed by atoms with Crippen LogP contribution in [0.4, 0.5) is 21.9 Å². The smallest absolute Gasteiger partial charge is 0.412 e. The predicted octanol–water partition coefficient (Wildman–Crippen LogP) is 6.93. The van der Waals surface area contributed by atoms with Crippen LogP contribution in [0.2, 0.25) is 0 Å². The number of aryl methyl sites for hydroxylation is 1. The summed E-state index contributed by atoms with van der Waals surface area (Å²) in [5.41, 5.74) is 8.82. The summed E-state index contributed by atoms with van der Waals surface area (Å²) >= 11 is 6.72. The van der Waals surface area contributed by atoms with Gasteiger partial charge in [-0.3, -0.25) is 10.1 Å². The summed E-state index contributed by atoms with van der Waals surface area (Å²) in [7, 11) is 0. The first kappa shape index (κ1) is 26.3. The number of phenolic OH excluding ortho intramolecular Hbond substituents is 1. The van der Waals surface area contributed by atoms with Gasteiger partial charge in [0.25, 0.3) is 0 Å². The molecule has 0 heterocycles. The summed E-state index contributed by atoms with van der Waals surface area (Å²) in [5, 5.41) is 16.1. The van der Waals surface area contributed by atoms with Crippen molar-refractivity contribution >= 4 is 60.9 Å². The summed E-state index contributed by atoms with van der Waals surface area (Å²) in [5.74, 6) is -0.940. The Bertz CT molecular complexity index is 1250. The van der Waals surface area contributed by atoms with Gasteiger partial charge >= 0.3 is 6.09 Å². The van der Waals surface area contributed by atoms with Crippen LogP contribution >= 0.6 is 31.9 Å². The highest BCUT2D eigenvalue weighted by molar-refractivity contribution is 9.11. The van der Waals surface area contributed by atoms with E-state index in [1.807, 2.05) is 19.1 Å². The zero-order valence-corrected chi connectivity index (χ0v) is 22.3. The van der Waals surface area contributed by atoms with Crippen LogP contribution in [0.5, 0.6) is 5.75 Å². The number of anilines is 3. The maximum atomic E-state index is 12.7. The molecule has 182 valence electrons. The highest BCUT2D eigenvalue weighted by Gasteiger charge is 2.27. The normalized spacial score (nSPS) is 12.7. The number of hydrogen-bond acceptors (Lipinski definition) is 5. The quantitative estimate of drug-likeness (QED) is 0.173. The van der Waals surface area contributed by atoms with Gasteiger partial charge in [-0.05, 0) is 65.3 Å². The average Bonchev–Trinajstić information content (AvgIpc) is 2.81. The Balaban J connectivity index is 1.82. The fourth-order valence-corrected chi connectivity index (χ4v) is 4.54. The lowest BCUT2D eigenvalue weighted by atomic mass is 9.96. The molecule has 3 rings (SSSR count). The molecule has 0 aliphatic rings. The molecular formula is C26H25Br2N3O4. The van der Waals surface area contributed by atoms with Gasteiger partial charge < -0.3 is 20.9 Å². The number of phenols is 1. The van der Waals surface area contributed by atoms with E-state index in [1.54, 1.807) is 61.5 Å². The standard InChI is InChI=1S/C26H25Br2N3O4/c1-15-7-10-18(11-8-15)30-26(34)35-25(19-13-17(27)14-20(28)24(19)33)16(2)9-12-23(32)31-22-6-4-3-5-21(22)29/h3-14,16,25,33H,29H2,1-2H3,(H,30,34)(H,31,32)/b12-9+/t16-,25-/m0/s1. The van der Waals surface area contributed by atoms with Gasteiger partial charge in [0.05, 0.1) is 15.8 Å². The topological polar surface area (TPSA) is 114 Å². The molecule has 2 atom stereocenters. The van der Waals surface area contributed by atoms with Crippen LogP contribution in [0.3, 0.4) is 0 Å². The molecule has 0 fully saturated rings. The minimum Gasteiger partial charge on any atom is -0.506 e. The van der Waals surface area contributed by atoms with Crippen molar-refractivity contribution in [2.75, 3.05) is 16.4 Å². The molecule has 35 heavy (non-hydrogen) atoms. The zero-order chi connectivity index (χ0) is 25.5. The Morgan fingerprint density at radius 3 is 2.43 bits per heavy atom. The van der Waals surface area contributed by atoms with Crippen molar-refractivity contribution in [1.29, 1.82) is 0 Å². The van der Waals surface area contributed by atoms with E-state index < -0.39 is 24.0 Å². The van der Waals surface area contributed by atoms with E-state index in [0.717, 1.165) is 5.56 Å². The van der Waals surface area contributed by atoms with E-state index in [9.17, 15) is 14.7 Å². The third kappa shape index (κ3) is 7.34. The van der Waals surface area contributed by atoms with Crippen LogP contribution in [-0.2, 0) is 9.53 Å². The molecule has 2 amide bonds. The van der Waals surface area contributed by atoms with E-state index in [4.69, 9.17) is 10.5 Å². The Morgan fingerprint density at radius 2 is 1.74 bits per heavy atom. The van der Waals surface area contributed by atoms with Crippen molar-refractivity contribution in [2.45, 2.75) is 20.0 Å². The second-order valence-electron chi connectivity index (χ2n) is 7.94. The van der Waals surface area contributed by atoms with Crippen LogP contribution in [0.25, 0.3) is 0 Å². The lowest BCUT2D eigenvalue weighted by Crippen LogP contribution is -2.22. The van der Waals surface area contributed by atoms with Gasteiger partial charge in [0, 0.05) is 21.6 Å². The van der Waals surface area contributed by atoms with Gasteiger partial charge in [0.2, 0.25) is 5.91 Å². The second-order valence-corrected chi connectivity index (χ2v) is 9.71. The molecule has 7 nitrogen and oxygen atoms in total. The first-order chi connectivity index (χ1) is 16.6. The van der Waals surface area contributed by atoms with Crippen LogP contribution < -0.4 is 16.4 Å². The fraction of sp³-hybridized carbons (Fsp3) is 0.154. The molecule has 0 aromatic heterocycles. The molecule has 0 spiro atoms. The lowest BCUT2D eigenvalue weighted by molar-refractivity contribution is -0.111. The van der Waals surface area contributed by atoms with Crippen molar-refractivity contribution in [3.05, 3.63) is 92.9 Å². The SMILES string of the molecule is Cc1ccc(NC(=O)O[C@H](c2cc(Br)cc(Br)c2O)[C@@H](C)/C=C/C(=O)Nc2ccccc2N)cc1. The van der Waals surface area contributed by atoms with Crippen molar-refractivity contribution in [2.24, 2.45) is 5.92 Å². The number of nitrogens with one attached hydrogen (secondary N) is 2. The van der Waals surface area contributed by atoms with Crippen LogP contribution in [0.1, 0.15) is 24.2 Å². The van der Waals surface area contributed by atoms with Gasteiger partial charge in [-0.1, -0.05) is 58.8 Å². The van der Waals surface area contributed by atoms with Gasteiger partial charge in [0.1, 0.15) is 11.9 Å². The van der Waals surface area contributed by atoms with E-state index in [0.29, 0.717) is 31.6 Å². The minimum atomic E-state index is -0.903. The molecule has 0 radical (unpaired) electrons. The second kappa shape index (κ2) is 11.9. The first-order valence-electron chi connectivity index (χ1n) is 10.7. The van der Waals surface area contributed by atoms with Crippen molar-refractivity contribution in [3.8, 4) is 5.75 Å². The highest BCUT2D eigenvalue weighted by Crippen LogP contribution is 2.40. The summed E-state index contributed by atoms with van der Waals surface area (Å²) < 4.78 is 6.85. The van der Waals surface area contributed by atoms with Crippen molar-refractivity contribution in [1.82, 2.24) is 0 Å². The number of para-hydroxylation sites is 2. The molecule has 0 aliphatic carbocycles. The number of benzene rings is 3.